The summed E-state index contributed by atoms with van der Waals surface area (Å²) >= 11 is 0. The van der Waals surface area contributed by atoms with Crippen molar-refractivity contribution < 1.29 is 19.1 Å². The second-order valence-electron chi connectivity index (χ2n) is 6.91. The third-order valence-corrected chi connectivity index (χ3v) is 4.98. The van der Waals surface area contributed by atoms with Gasteiger partial charge in [-0.15, -0.1) is 0 Å². The van der Waals surface area contributed by atoms with Crippen molar-refractivity contribution in [1.29, 1.82) is 0 Å². The molecule has 0 saturated heterocycles. The average Bonchev–Trinajstić information content (AvgIpc) is 3.12. The number of aromatic nitrogens is 1. The molecule has 5 heteroatoms. The number of aryl methyl sites for hydroxylation is 1. The molecule has 152 valence electrons. The highest BCUT2D eigenvalue weighted by Crippen LogP contribution is 2.35. The van der Waals surface area contributed by atoms with Gasteiger partial charge in [-0.2, -0.15) is 0 Å². The molecule has 3 aromatic rings. The SMILES string of the molecule is CCOC(=O)CC(CCc1ccccc1)c1c(C(=O)OCC)[nH]c2ccccc12. The number of nitrogens with one attached hydrogen (secondary N) is 1. The van der Waals surface area contributed by atoms with Crippen LogP contribution in [-0.4, -0.2) is 30.1 Å². The van der Waals surface area contributed by atoms with Crippen molar-refractivity contribution in [1.82, 2.24) is 4.98 Å². The van der Waals surface area contributed by atoms with Crippen molar-refractivity contribution in [2.24, 2.45) is 0 Å². The Morgan fingerprint density at radius 3 is 2.34 bits per heavy atom. The summed E-state index contributed by atoms with van der Waals surface area (Å²) in [5, 5.41) is 0.943. The Labute approximate surface area is 171 Å². The van der Waals surface area contributed by atoms with Gasteiger partial charge in [-0.3, -0.25) is 4.79 Å². The highest BCUT2D eigenvalue weighted by Gasteiger charge is 2.27. The number of rotatable bonds is 9. The number of hydrogen-bond donors (Lipinski definition) is 1. The number of H-pyrrole nitrogens is 1. The van der Waals surface area contributed by atoms with Gasteiger partial charge in [0.2, 0.25) is 0 Å². The van der Waals surface area contributed by atoms with E-state index in [-0.39, 0.29) is 18.3 Å². The second-order valence-corrected chi connectivity index (χ2v) is 6.91. The lowest BCUT2D eigenvalue weighted by Crippen LogP contribution is -2.15. The number of carbonyl (C=O) groups is 2. The quantitative estimate of drug-likeness (QED) is 0.519. The molecule has 0 fully saturated rings. The molecular formula is C24H27NO4. The highest BCUT2D eigenvalue weighted by atomic mass is 16.5. The van der Waals surface area contributed by atoms with Crippen molar-refractivity contribution in [3.63, 3.8) is 0 Å². The van der Waals surface area contributed by atoms with Gasteiger partial charge < -0.3 is 14.5 Å². The van der Waals surface area contributed by atoms with Crippen LogP contribution in [0, 0.1) is 0 Å². The van der Waals surface area contributed by atoms with Gasteiger partial charge in [-0.05, 0) is 49.8 Å². The normalized spacial score (nSPS) is 11.9. The zero-order valence-electron chi connectivity index (χ0n) is 16.9. The number of benzene rings is 2. The maximum absolute atomic E-state index is 12.7. The molecule has 2 aromatic carbocycles. The highest BCUT2D eigenvalue weighted by molar-refractivity contribution is 5.99. The van der Waals surface area contributed by atoms with Crippen molar-refractivity contribution in [3.8, 4) is 0 Å². The Morgan fingerprint density at radius 2 is 1.62 bits per heavy atom. The molecule has 0 amide bonds. The van der Waals surface area contributed by atoms with Crippen LogP contribution in [0.25, 0.3) is 10.9 Å². The standard InChI is InChI=1S/C24H27NO4/c1-3-28-21(26)16-18(15-14-17-10-6-5-7-11-17)22-19-12-8-9-13-20(19)25-23(22)24(27)29-4-2/h5-13,18,25H,3-4,14-16H2,1-2H3. The van der Waals surface area contributed by atoms with Crippen LogP contribution in [0.15, 0.2) is 54.6 Å². The van der Waals surface area contributed by atoms with Crippen LogP contribution in [0.1, 0.15) is 54.2 Å². The molecule has 0 aliphatic rings. The van der Waals surface area contributed by atoms with Crippen LogP contribution in [0.2, 0.25) is 0 Å². The van der Waals surface area contributed by atoms with Crippen molar-refractivity contribution in [2.45, 2.75) is 39.0 Å². The van der Waals surface area contributed by atoms with Crippen LogP contribution >= 0.6 is 0 Å². The monoisotopic (exact) mass is 393 g/mol. The van der Waals surface area contributed by atoms with Gasteiger partial charge in [0.25, 0.3) is 0 Å². The summed E-state index contributed by atoms with van der Waals surface area (Å²) < 4.78 is 10.5. The number of aromatic amines is 1. The van der Waals surface area contributed by atoms with Gasteiger partial charge in [-0.25, -0.2) is 4.79 Å². The van der Waals surface area contributed by atoms with E-state index in [1.165, 1.54) is 5.56 Å². The third kappa shape index (κ3) is 5.05. The van der Waals surface area contributed by atoms with E-state index in [0.29, 0.717) is 18.9 Å². The first-order valence-electron chi connectivity index (χ1n) is 10.1. The summed E-state index contributed by atoms with van der Waals surface area (Å²) in [5.74, 6) is -0.817. The van der Waals surface area contributed by atoms with E-state index in [1.54, 1.807) is 13.8 Å². The summed E-state index contributed by atoms with van der Waals surface area (Å²) in [7, 11) is 0. The van der Waals surface area contributed by atoms with Crippen LogP contribution in [0.5, 0.6) is 0 Å². The Bertz CT molecular complexity index is 961. The molecule has 1 atom stereocenters. The molecule has 0 aliphatic carbocycles. The van der Waals surface area contributed by atoms with Crippen LogP contribution in [0.4, 0.5) is 0 Å². The summed E-state index contributed by atoms with van der Waals surface area (Å²) in [4.78, 5) is 28.2. The molecule has 0 saturated carbocycles. The lowest BCUT2D eigenvalue weighted by Gasteiger charge is -2.18. The molecule has 3 rings (SSSR count). The fourth-order valence-electron chi connectivity index (χ4n) is 3.71. The molecule has 1 aromatic heterocycles. The summed E-state index contributed by atoms with van der Waals surface area (Å²) in [6.45, 7) is 4.21. The van der Waals surface area contributed by atoms with Crippen molar-refractivity contribution in [2.75, 3.05) is 13.2 Å². The first kappa shape index (κ1) is 20.6. The minimum atomic E-state index is -0.396. The van der Waals surface area contributed by atoms with E-state index in [2.05, 4.69) is 17.1 Å². The van der Waals surface area contributed by atoms with Gasteiger partial charge in [0, 0.05) is 10.9 Å². The number of ether oxygens (including phenoxy) is 2. The summed E-state index contributed by atoms with van der Waals surface area (Å²) in [6, 6.07) is 17.9. The molecule has 1 unspecified atom stereocenters. The van der Waals surface area contributed by atoms with Crippen LogP contribution in [0.3, 0.4) is 0 Å². The zero-order chi connectivity index (χ0) is 20.6. The number of carbonyl (C=O) groups excluding carboxylic acids is 2. The smallest absolute Gasteiger partial charge is 0.355 e. The number of esters is 2. The summed E-state index contributed by atoms with van der Waals surface area (Å²) in [6.07, 6.45) is 1.73. The maximum atomic E-state index is 12.7. The molecule has 0 aliphatic heterocycles. The Balaban J connectivity index is 2.00. The second kappa shape index (κ2) is 9.92. The fourth-order valence-corrected chi connectivity index (χ4v) is 3.71. The molecule has 0 radical (unpaired) electrons. The number of hydrogen-bond acceptors (Lipinski definition) is 4. The topological polar surface area (TPSA) is 68.4 Å². The van der Waals surface area contributed by atoms with Gasteiger partial charge in [-0.1, -0.05) is 48.5 Å². The van der Waals surface area contributed by atoms with E-state index < -0.39 is 5.97 Å². The molecule has 0 bridgehead atoms. The van der Waals surface area contributed by atoms with Crippen molar-refractivity contribution in [3.05, 3.63) is 71.4 Å². The molecular weight excluding hydrogens is 366 g/mol. The van der Waals surface area contributed by atoms with Crippen LogP contribution < -0.4 is 0 Å². The molecule has 5 nitrogen and oxygen atoms in total. The largest absolute Gasteiger partial charge is 0.466 e. The van der Waals surface area contributed by atoms with E-state index >= 15 is 0 Å². The Kier molecular flexibility index (Phi) is 7.06. The molecule has 1 heterocycles. The lowest BCUT2D eigenvalue weighted by molar-refractivity contribution is -0.143. The van der Waals surface area contributed by atoms with E-state index in [4.69, 9.17) is 9.47 Å². The number of para-hydroxylation sites is 1. The van der Waals surface area contributed by atoms with Gasteiger partial charge >= 0.3 is 11.9 Å². The maximum Gasteiger partial charge on any atom is 0.355 e. The van der Waals surface area contributed by atoms with Gasteiger partial charge in [0.15, 0.2) is 0 Å². The molecule has 29 heavy (non-hydrogen) atoms. The van der Waals surface area contributed by atoms with E-state index in [9.17, 15) is 9.59 Å². The van der Waals surface area contributed by atoms with E-state index in [1.807, 2.05) is 42.5 Å². The van der Waals surface area contributed by atoms with Crippen LogP contribution in [-0.2, 0) is 20.7 Å². The van der Waals surface area contributed by atoms with E-state index in [0.717, 1.165) is 29.3 Å². The average molecular weight is 393 g/mol. The third-order valence-electron chi connectivity index (χ3n) is 4.98. The predicted molar refractivity (Wildman–Crippen MR) is 113 cm³/mol. The van der Waals surface area contributed by atoms with Gasteiger partial charge in [0.05, 0.1) is 19.6 Å². The minimum absolute atomic E-state index is 0.162. The zero-order valence-corrected chi connectivity index (χ0v) is 16.9. The predicted octanol–water partition coefficient (Wildman–Crippen LogP) is 5.01. The van der Waals surface area contributed by atoms with Crippen molar-refractivity contribution >= 4 is 22.8 Å². The summed E-state index contributed by atoms with van der Waals surface area (Å²) in [5.41, 5.74) is 3.32. The molecule has 1 N–H and O–H groups in total. The van der Waals surface area contributed by atoms with Gasteiger partial charge in [0.1, 0.15) is 5.69 Å². The fraction of sp³-hybridized carbons (Fsp3) is 0.333. The number of fused-ring (bicyclic) bond motifs is 1. The molecule has 0 spiro atoms. The first-order valence-corrected chi connectivity index (χ1v) is 10.1. The Morgan fingerprint density at radius 1 is 0.931 bits per heavy atom. The lowest BCUT2D eigenvalue weighted by atomic mass is 9.87. The first-order chi connectivity index (χ1) is 14.1. The Hall–Kier alpha value is -3.08. The minimum Gasteiger partial charge on any atom is -0.466 e.